The fraction of sp³-hybridized carbons (Fsp3) is 0.529. The molecule has 2 N–H and O–H groups in total. The number of likely N-dealkylation sites (tertiary alicyclic amines) is 1. The molecule has 1 aliphatic heterocycles. The van der Waals surface area contributed by atoms with Gasteiger partial charge in [0.25, 0.3) is 5.91 Å². The van der Waals surface area contributed by atoms with Crippen molar-refractivity contribution in [2.45, 2.75) is 45.1 Å². The Hall–Kier alpha value is -1.88. The Labute approximate surface area is 131 Å². The molecule has 5 nitrogen and oxygen atoms in total. The van der Waals surface area contributed by atoms with E-state index in [0.29, 0.717) is 30.8 Å². The molecule has 22 heavy (non-hydrogen) atoms. The second-order valence-corrected chi connectivity index (χ2v) is 5.78. The molecule has 0 aromatic heterocycles. The number of β-amino-alcohol motifs (C(OH)–C–C–N with tert-alkyl or cyclic N) is 1. The highest BCUT2D eigenvalue weighted by Gasteiger charge is 2.23. The van der Waals surface area contributed by atoms with Crippen LogP contribution in [0, 0.1) is 0 Å². The van der Waals surface area contributed by atoms with Crippen LogP contribution in [-0.2, 0) is 4.79 Å². The number of anilines is 1. The van der Waals surface area contributed by atoms with Gasteiger partial charge in [-0.1, -0.05) is 19.4 Å². The number of carbonyl (C=O) groups is 2. The number of nitrogens with one attached hydrogen (secondary N) is 1. The fourth-order valence-electron chi connectivity index (χ4n) is 2.61. The third kappa shape index (κ3) is 4.56. The molecule has 0 radical (unpaired) electrons. The van der Waals surface area contributed by atoms with Crippen LogP contribution >= 0.6 is 0 Å². The monoisotopic (exact) mass is 304 g/mol. The SMILES string of the molecule is CCCCC(=O)Nc1cccc(C(=O)N2CCCC(O)C2)c1. The van der Waals surface area contributed by atoms with Crippen LogP contribution < -0.4 is 5.32 Å². The van der Waals surface area contributed by atoms with Gasteiger partial charge in [0.05, 0.1) is 6.10 Å². The zero-order valence-corrected chi connectivity index (χ0v) is 13.0. The first kappa shape index (κ1) is 16.5. The Morgan fingerprint density at radius 2 is 2.23 bits per heavy atom. The quantitative estimate of drug-likeness (QED) is 0.877. The number of nitrogens with zero attached hydrogens (tertiary/aromatic N) is 1. The summed E-state index contributed by atoms with van der Waals surface area (Å²) in [6.45, 7) is 3.09. The van der Waals surface area contributed by atoms with Crippen molar-refractivity contribution in [2.24, 2.45) is 0 Å². The maximum atomic E-state index is 12.5. The predicted molar refractivity (Wildman–Crippen MR) is 85.7 cm³/mol. The molecule has 1 atom stereocenters. The highest BCUT2D eigenvalue weighted by molar-refractivity contribution is 5.97. The molecule has 0 spiro atoms. The second kappa shape index (κ2) is 7.94. The van der Waals surface area contributed by atoms with E-state index in [1.807, 2.05) is 6.92 Å². The van der Waals surface area contributed by atoms with Crippen molar-refractivity contribution in [1.82, 2.24) is 4.90 Å². The van der Waals surface area contributed by atoms with Crippen molar-refractivity contribution >= 4 is 17.5 Å². The minimum atomic E-state index is -0.436. The van der Waals surface area contributed by atoms with E-state index in [-0.39, 0.29) is 11.8 Å². The van der Waals surface area contributed by atoms with Gasteiger partial charge in [0, 0.05) is 30.8 Å². The van der Waals surface area contributed by atoms with Gasteiger partial charge in [0.15, 0.2) is 0 Å². The van der Waals surface area contributed by atoms with Crippen LogP contribution in [0.15, 0.2) is 24.3 Å². The van der Waals surface area contributed by atoms with Gasteiger partial charge in [-0.15, -0.1) is 0 Å². The summed E-state index contributed by atoms with van der Waals surface area (Å²) in [6, 6.07) is 6.99. The number of aliphatic hydroxyl groups excluding tert-OH is 1. The van der Waals surface area contributed by atoms with Gasteiger partial charge in [-0.25, -0.2) is 0 Å². The van der Waals surface area contributed by atoms with Crippen LogP contribution in [0.1, 0.15) is 49.4 Å². The lowest BCUT2D eigenvalue weighted by atomic mass is 10.1. The molecule has 1 heterocycles. The smallest absolute Gasteiger partial charge is 0.254 e. The van der Waals surface area contributed by atoms with Crippen LogP contribution in [0.3, 0.4) is 0 Å². The molecule has 0 aliphatic carbocycles. The molecule has 1 saturated heterocycles. The summed E-state index contributed by atoms with van der Waals surface area (Å²) in [7, 11) is 0. The van der Waals surface area contributed by atoms with Gasteiger partial charge in [0.1, 0.15) is 0 Å². The van der Waals surface area contributed by atoms with E-state index < -0.39 is 6.10 Å². The van der Waals surface area contributed by atoms with Gasteiger partial charge in [-0.05, 0) is 37.5 Å². The van der Waals surface area contributed by atoms with Gasteiger partial charge in [0.2, 0.25) is 5.91 Å². The van der Waals surface area contributed by atoms with E-state index in [1.54, 1.807) is 29.2 Å². The summed E-state index contributed by atoms with van der Waals surface area (Å²) in [4.78, 5) is 25.9. The molecule has 1 aromatic carbocycles. The van der Waals surface area contributed by atoms with E-state index in [2.05, 4.69) is 5.32 Å². The first-order valence-corrected chi connectivity index (χ1v) is 7.97. The van der Waals surface area contributed by atoms with Crippen LogP contribution in [-0.4, -0.2) is 41.0 Å². The molecular weight excluding hydrogens is 280 g/mol. The Kier molecular flexibility index (Phi) is 5.95. The average Bonchev–Trinajstić information content (AvgIpc) is 2.52. The van der Waals surface area contributed by atoms with E-state index in [9.17, 15) is 14.7 Å². The number of hydrogen-bond donors (Lipinski definition) is 2. The Bertz CT molecular complexity index is 530. The second-order valence-electron chi connectivity index (χ2n) is 5.78. The van der Waals surface area contributed by atoms with E-state index in [0.717, 1.165) is 25.7 Å². The number of carbonyl (C=O) groups excluding carboxylic acids is 2. The van der Waals surface area contributed by atoms with Crippen LogP contribution in [0.4, 0.5) is 5.69 Å². The first-order chi connectivity index (χ1) is 10.6. The normalized spacial score (nSPS) is 18.1. The Balaban J connectivity index is 2.01. The number of amides is 2. The van der Waals surface area contributed by atoms with Crippen molar-refractivity contribution < 1.29 is 14.7 Å². The third-order valence-corrected chi connectivity index (χ3v) is 3.83. The maximum Gasteiger partial charge on any atom is 0.254 e. The lowest BCUT2D eigenvalue weighted by molar-refractivity contribution is -0.116. The fourth-order valence-corrected chi connectivity index (χ4v) is 2.61. The molecule has 1 aromatic rings. The van der Waals surface area contributed by atoms with E-state index in [4.69, 9.17) is 0 Å². The largest absolute Gasteiger partial charge is 0.391 e. The van der Waals surface area contributed by atoms with Crippen molar-refractivity contribution in [3.63, 3.8) is 0 Å². The number of hydrogen-bond acceptors (Lipinski definition) is 3. The van der Waals surface area contributed by atoms with Crippen LogP contribution in [0.5, 0.6) is 0 Å². The zero-order chi connectivity index (χ0) is 15.9. The Morgan fingerprint density at radius 1 is 1.41 bits per heavy atom. The van der Waals surface area contributed by atoms with Crippen molar-refractivity contribution in [1.29, 1.82) is 0 Å². The first-order valence-electron chi connectivity index (χ1n) is 7.97. The summed E-state index contributed by atoms with van der Waals surface area (Å²) in [5.74, 6) is -0.122. The standard InChI is InChI=1S/C17H24N2O3/c1-2-3-9-16(21)18-14-7-4-6-13(11-14)17(22)19-10-5-8-15(20)12-19/h4,6-7,11,15,20H,2-3,5,8-10,12H2,1H3,(H,18,21). The molecule has 2 amide bonds. The van der Waals surface area contributed by atoms with Crippen molar-refractivity contribution in [3.8, 4) is 0 Å². The molecule has 1 fully saturated rings. The summed E-state index contributed by atoms with van der Waals surface area (Å²) in [5.41, 5.74) is 1.19. The highest BCUT2D eigenvalue weighted by atomic mass is 16.3. The summed E-state index contributed by atoms with van der Waals surface area (Å²) >= 11 is 0. The molecule has 0 saturated carbocycles. The van der Waals surface area contributed by atoms with Gasteiger partial charge >= 0.3 is 0 Å². The van der Waals surface area contributed by atoms with Gasteiger partial charge in [-0.2, -0.15) is 0 Å². The summed E-state index contributed by atoms with van der Waals surface area (Å²) in [6.07, 6.45) is 3.46. The van der Waals surface area contributed by atoms with Gasteiger partial charge in [-0.3, -0.25) is 9.59 Å². The number of piperidine rings is 1. The number of benzene rings is 1. The average molecular weight is 304 g/mol. The highest BCUT2D eigenvalue weighted by Crippen LogP contribution is 2.17. The molecule has 0 bridgehead atoms. The topological polar surface area (TPSA) is 69.6 Å². The van der Waals surface area contributed by atoms with E-state index in [1.165, 1.54) is 0 Å². The molecular formula is C17H24N2O3. The minimum absolute atomic E-state index is 0.0279. The number of aliphatic hydroxyl groups is 1. The van der Waals surface area contributed by atoms with Crippen molar-refractivity contribution in [3.05, 3.63) is 29.8 Å². The molecule has 1 aliphatic rings. The van der Waals surface area contributed by atoms with Crippen LogP contribution in [0.25, 0.3) is 0 Å². The predicted octanol–water partition coefficient (Wildman–Crippen LogP) is 2.41. The van der Waals surface area contributed by atoms with Crippen molar-refractivity contribution in [2.75, 3.05) is 18.4 Å². The maximum absolute atomic E-state index is 12.5. The number of unbranched alkanes of at least 4 members (excludes halogenated alkanes) is 1. The lowest BCUT2D eigenvalue weighted by Crippen LogP contribution is -2.42. The minimum Gasteiger partial charge on any atom is -0.391 e. The summed E-state index contributed by atoms with van der Waals surface area (Å²) < 4.78 is 0. The molecule has 2 rings (SSSR count). The lowest BCUT2D eigenvalue weighted by Gasteiger charge is -2.30. The molecule has 120 valence electrons. The van der Waals surface area contributed by atoms with Crippen LogP contribution in [0.2, 0.25) is 0 Å². The summed E-state index contributed by atoms with van der Waals surface area (Å²) in [5, 5.41) is 12.5. The van der Waals surface area contributed by atoms with Gasteiger partial charge < -0.3 is 15.3 Å². The zero-order valence-electron chi connectivity index (χ0n) is 13.0. The Morgan fingerprint density at radius 3 is 2.95 bits per heavy atom. The molecule has 1 unspecified atom stereocenters. The van der Waals surface area contributed by atoms with E-state index >= 15 is 0 Å². The number of rotatable bonds is 5. The molecule has 5 heteroatoms. The third-order valence-electron chi connectivity index (χ3n) is 3.83.